The predicted molar refractivity (Wildman–Crippen MR) is 94.9 cm³/mol. The maximum atomic E-state index is 3.64. The molecule has 0 fully saturated rings. The first-order valence-corrected chi connectivity index (χ1v) is 9.25. The van der Waals surface area contributed by atoms with Crippen LogP contribution in [0.5, 0.6) is 0 Å². The molecule has 19 heavy (non-hydrogen) atoms. The first-order chi connectivity index (χ1) is 9.11. The van der Waals surface area contributed by atoms with Crippen LogP contribution in [0, 0.1) is 0 Å². The molecule has 102 valence electrons. The number of rotatable bonds is 5. The van der Waals surface area contributed by atoms with Gasteiger partial charge in [0.25, 0.3) is 0 Å². The van der Waals surface area contributed by atoms with E-state index in [1.165, 1.54) is 21.7 Å². The van der Waals surface area contributed by atoms with Crippen molar-refractivity contribution < 1.29 is 0 Å². The van der Waals surface area contributed by atoms with Gasteiger partial charge in [-0.25, -0.2) is 0 Å². The summed E-state index contributed by atoms with van der Waals surface area (Å²) in [7, 11) is 0. The number of nitrogens with one attached hydrogen (secondary N) is 1. The Hall–Kier alpha value is 0.320. The van der Waals surface area contributed by atoms with Crippen LogP contribution in [-0.2, 0) is 6.54 Å². The lowest BCUT2D eigenvalue weighted by molar-refractivity contribution is 0.681. The maximum Gasteiger partial charge on any atom is 0.0368 e. The van der Waals surface area contributed by atoms with Crippen LogP contribution in [0.25, 0.3) is 10.4 Å². The van der Waals surface area contributed by atoms with Gasteiger partial charge in [0.15, 0.2) is 0 Å². The van der Waals surface area contributed by atoms with Crippen molar-refractivity contribution in [3.8, 4) is 10.4 Å². The standard InChI is InChI=1S/C14H14Br3NS/c1-2-5-18-8-10-3-4-13(19-10)14-11(16)6-9(15)7-12(14)17/h3-4,6-7,18H,2,5,8H2,1H3. The highest BCUT2D eigenvalue weighted by atomic mass is 79.9. The number of halogens is 3. The summed E-state index contributed by atoms with van der Waals surface area (Å²) in [6, 6.07) is 8.54. The van der Waals surface area contributed by atoms with Gasteiger partial charge in [-0.05, 0) is 37.2 Å². The van der Waals surface area contributed by atoms with Crippen LogP contribution in [0.3, 0.4) is 0 Å². The molecule has 2 aromatic rings. The molecule has 5 heteroatoms. The topological polar surface area (TPSA) is 12.0 Å². The third-order valence-electron chi connectivity index (χ3n) is 2.64. The number of hydrogen-bond acceptors (Lipinski definition) is 2. The van der Waals surface area contributed by atoms with Crippen LogP contribution in [-0.4, -0.2) is 6.54 Å². The highest BCUT2D eigenvalue weighted by molar-refractivity contribution is 9.11. The monoisotopic (exact) mass is 465 g/mol. The Labute approximate surface area is 143 Å². The summed E-state index contributed by atoms with van der Waals surface area (Å²) in [5.74, 6) is 0. The van der Waals surface area contributed by atoms with E-state index in [0.717, 1.165) is 26.5 Å². The normalized spacial score (nSPS) is 10.9. The van der Waals surface area contributed by atoms with Gasteiger partial charge >= 0.3 is 0 Å². The molecular formula is C14H14Br3NS. The second-order valence-corrected chi connectivity index (χ2v) is 7.98. The number of thiophene rings is 1. The number of benzene rings is 1. The van der Waals surface area contributed by atoms with Crippen molar-refractivity contribution >= 4 is 59.1 Å². The summed E-state index contributed by atoms with van der Waals surface area (Å²) in [6.07, 6.45) is 1.17. The summed E-state index contributed by atoms with van der Waals surface area (Å²) in [4.78, 5) is 2.64. The Bertz CT molecular complexity index is 543. The largest absolute Gasteiger partial charge is 0.312 e. The number of hydrogen-bond donors (Lipinski definition) is 1. The van der Waals surface area contributed by atoms with E-state index in [1.54, 1.807) is 0 Å². The van der Waals surface area contributed by atoms with Gasteiger partial charge in [-0.1, -0.05) is 54.7 Å². The van der Waals surface area contributed by atoms with Crippen molar-refractivity contribution in [2.45, 2.75) is 19.9 Å². The van der Waals surface area contributed by atoms with Crippen LogP contribution >= 0.6 is 59.1 Å². The molecule has 1 aromatic heterocycles. The smallest absolute Gasteiger partial charge is 0.0368 e. The molecule has 1 heterocycles. The van der Waals surface area contributed by atoms with Gasteiger partial charge in [-0.15, -0.1) is 11.3 Å². The van der Waals surface area contributed by atoms with Crippen molar-refractivity contribution in [1.82, 2.24) is 5.32 Å². The highest BCUT2D eigenvalue weighted by Crippen LogP contribution is 2.40. The third-order valence-corrected chi connectivity index (χ3v) is 5.45. The Balaban J connectivity index is 2.23. The fraction of sp³-hybridized carbons (Fsp3) is 0.286. The lowest BCUT2D eigenvalue weighted by atomic mass is 10.2. The van der Waals surface area contributed by atoms with Crippen molar-refractivity contribution in [3.63, 3.8) is 0 Å². The molecule has 0 radical (unpaired) electrons. The molecule has 0 saturated carbocycles. The molecule has 0 spiro atoms. The van der Waals surface area contributed by atoms with E-state index in [0.29, 0.717) is 0 Å². The second-order valence-electron chi connectivity index (χ2n) is 4.19. The van der Waals surface area contributed by atoms with Crippen LogP contribution in [0.1, 0.15) is 18.2 Å². The van der Waals surface area contributed by atoms with Crippen molar-refractivity contribution in [3.05, 3.63) is 42.6 Å². The molecule has 0 aliphatic heterocycles. The predicted octanol–water partition coefficient (Wildman–Crippen LogP) is 6.20. The zero-order valence-electron chi connectivity index (χ0n) is 10.5. The van der Waals surface area contributed by atoms with E-state index in [4.69, 9.17) is 0 Å². The molecule has 0 atom stereocenters. The van der Waals surface area contributed by atoms with Gasteiger partial charge in [0.2, 0.25) is 0 Å². The van der Waals surface area contributed by atoms with Gasteiger partial charge < -0.3 is 5.32 Å². The minimum atomic E-state index is 0.949. The van der Waals surface area contributed by atoms with Crippen molar-refractivity contribution in [2.75, 3.05) is 6.54 Å². The molecule has 0 amide bonds. The van der Waals surface area contributed by atoms with E-state index in [9.17, 15) is 0 Å². The summed E-state index contributed by atoms with van der Waals surface area (Å²) < 4.78 is 3.27. The minimum Gasteiger partial charge on any atom is -0.312 e. The molecule has 2 rings (SSSR count). The molecule has 0 aliphatic rings. The molecule has 1 N–H and O–H groups in total. The molecule has 0 saturated heterocycles. The van der Waals surface area contributed by atoms with E-state index in [-0.39, 0.29) is 0 Å². The van der Waals surface area contributed by atoms with Gasteiger partial charge in [0.05, 0.1) is 0 Å². The van der Waals surface area contributed by atoms with Crippen LogP contribution in [0.15, 0.2) is 37.7 Å². The molecule has 0 aliphatic carbocycles. The molecule has 0 unspecified atom stereocenters. The van der Waals surface area contributed by atoms with E-state index in [2.05, 4.69) is 84.3 Å². The second kappa shape index (κ2) is 7.36. The Morgan fingerprint density at radius 2 is 1.79 bits per heavy atom. The lowest BCUT2D eigenvalue weighted by Crippen LogP contribution is -2.12. The lowest BCUT2D eigenvalue weighted by Gasteiger charge is -2.06. The van der Waals surface area contributed by atoms with Gasteiger partial charge in [-0.3, -0.25) is 0 Å². The minimum absolute atomic E-state index is 0.949. The van der Waals surface area contributed by atoms with Gasteiger partial charge in [0.1, 0.15) is 0 Å². The summed E-state index contributed by atoms with van der Waals surface area (Å²) >= 11 is 12.6. The summed E-state index contributed by atoms with van der Waals surface area (Å²) in [5, 5.41) is 3.43. The van der Waals surface area contributed by atoms with Crippen molar-refractivity contribution in [2.24, 2.45) is 0 Å². The third kappa shape index (κ3) is 4.14. The zero-order valence-corrected chi connectivity index (χ0v) is 16.0. The van der Waals surface area contributed by atoms with E-state index < -0.39 is 0 Å². The quantitative estimate of drug-likeness (QED) is 0.516. The van der Waals surface area contributed by atoms with Crippen LogP contribution in [0.2, 0.25) is 0 Å². The Morgan fingerprint density at radius 3 is 2.42 bits per heavy atom. The zero-order chi connectivity index (χ0) is 13.8. The van der Waals surface area contributed by atoms with Gasteiger partial charge in [-0.2, -0.15) is 0 Å². The molecular weight excluding hydrogens is 454 g/mol. The van der Waals surface area contributed by atoms with E-state index >= 15 is 0 Å². The maximum absolute atomic E-state index is 3.64. The average molecular weight is 468 g/mol. The fourth-order valence-corrected chi connectivity index (χ4v) is 5.77. The molecule has 0 bridgehead atoms. The highest BCUT2D eigenvalue weighted by Gasteiger charge is 2.11. The first-order valence-electron chi connectivity index (χ1n) is 6.06. The SMILES string of the molecule is CCCNCc1ccc(-c2c(Br)cc(Br)cc2Br)s1. The Kier molecular flexibility index (Phi) is 6.09. The van der Waals surface area contributed by atoms with Crippen LogP contribution < -0.4 is 5.32 Å². The average Bonchev–Trinajstić information content (AvgIpc) is 2.76. The van der Waals surface area contributed by atoms with Crippen LogP contribution in [0.4, 0.5) is 0 Å². The first kappa shape index (κ1) is 15.7. The molecule has 1 aromatic carbocycles. The molecule has 1 nitrogen and oxygen atoms in total. The summed E-state index contributed by atoms with van der Waals surface area (Å²) in [5.41, 5.74) is 1.22. The fourth-order valence-electron chi connectivity index (χ4n) is 1.77. The summed E-state index contributed by atoms with van der Waals surface area (Å²) in [6.45, 7) is 4.20. The van der Waals surface area contributed by atoms with Crippen molar-refractivity contribution in [1.29, 1.82) is 0 Å². The van der Waals surface area contributed by atoms with E-state index in [1.807, 2.05) is 11.3 Å². The Morgan fingerprint density at radius 1 is 1.11 bits per heavy atom. The van der Waals surface area contributed by atoms with Gasteiger partial charge in [0, 0.05) is 35.3 Å².